The molecule has 6 heteroatoms. The summed E-state index contributed by atoms with van der Waals surface area (Å²) < 4.78 is 0. The van der Waals surface area contributed by atoms with Crippen molar-refractivity contribution in [3.8, 4) is 0 Å². The van der Waals surface area contributed by atoms with Gasteiger partial charge in [0.1, 0.15) is 0 Å². The lowest BCUT2D eigenvalue weighted by atomic mass is 9.91. The van der Waals surface area contributed by atoms with Crippen molar-refractivity contribution in [3.63, 3.8) is 0 Å². The van der Waals surface area contributed by atoms with E-state index in [2.05, 4.69) is 17.1 Å². The van der Waals surface area contributed by atoms with Crippen LogP contribution in [0.25, 0.3) is 0 Å². The zero-order chi connectivity index (χ0) is 15.7. The minimum Gasteiger partial charge on any atom is -0.335 e. The maximum atomic E-state index is 12.9. The van der Waals surface area contributed by atoms with E-state index in [1.807, 2.05) is 18.2 Å². The molecule has 1 aromatic rings. The number of nitrogens with zero attached hydrogens (tertiary/aromatic N) is 1. The number of benzene rings is 1. The molecular weight excluding hydrogens is 355 g/mol. The third kappa shape index (κ3) is 4.14. The first-order valence-electron chi connectivity index (χ1n) is 8.05. The minimum atomic E-state index is 0. The van der Waals surface area contributed by atoms with Gasteiger partial charge in [-0.05, 0) is 56.8 Å². The first kappa shape index (κ1) is 18.9. The molecule has 0 aromatic heterocycles. The molecule has 23 heavy (non-hydrogen) atoms. The van der Waals surface area contributed by atoms with E-state index in [-0.39, 0.29) is 24.4 Å². The highest BCUT2D eigenvalue weighted by molar-refractivity contribution is 6.42. The summed E-state index contributed by atoms with van der Waals surface area (Å²) in [5.41, 5.74) is 1.10. The van der Waals surface area contributed by atoms with Crippen LogP contribution in [0.3, 0.4) is 0 Å². The van der Waals surface area contributed by atoms with E-state index >= 15 is 0 Å². The van der Waals surface area contributed by atoms with Gasteiger partial charge < -0.3 is 10.2 Å². The zero-order valence-electron chi connectivity index (χ0n) is 13.2. The summed E-state index contributed by atoms with van der Waals surface area (Å²) in [6.07, 6.45) is 3.93. The van der Waals surface area contributed by atoms with E-state index in [4.69, 9.17) is 23.2 Å². The lowest BCUT2D eigenvalue weighted by Gasteiger charge is -2.33. The van der Waals surface area contributed by atoms with Crippen LogP contribution < -0.4 is 5.32 Å². The average molecular weight is 378 g/mol. The fourth-order valence-electron chi connectivity index (χ4n) is 3.69. The molecule has 0 bridgehead atoms. The van der Waals surface area contributed by atoms with Gasteiger partial charge in [-0.1, -0.05) is 29.3 Å². The Hall–Kier alpha value is -0.480. The van der Waals surface area contributed by atoms with Crippen molar-refractivity contribution >= 4 is 41.5 Å². The van der Waals surface area contributed by atoms with Crippen LogP contribution in [-0.2, 0) is 4.79 Å². The Bertz CT molecular complexity index is 567. The van der Waals surface area contributed by atoms with Gasteiger partial charge in [0.2, 0.25) is 5.91 Å². The second-order valence-corrected chi connectivity index (χ2v) is 7.25. The van der Waals surface area contributed by atoms with E-state index in [9.17, 15) is 4.79 Å². The monoisotopic (exact) mass is 376 g/mol. The predicted octanol–water partition coefficient (Wildman–Crippen LogP) is 4.47. The number of carbonyl (C=O) groups excluding carboxylic acids is 1. The van der Waals surface area contributed by atoms with Gasteiger partial charge in [-0.15, -0.1) is 12.4 Å². The van der Waals surface area contributed by atoms with E-state index in [1.165, 1.54) is 0 Å². The summed E-state index contributed by atoms with van der Waals surface area (Å²) in [5.74, 6) is 0.460. The molecule has 0 aliphatic carbocycles. The van der Waals surface area contributed by atoms with Crippen LogP contribution in [0.1, 0.15) is 44.2 Å². The highest BCUT2D eigenvalue weighted by Gasteiger charge is 2.35. The molecule has 3 rings (SSSR count). The van der Waals surface area contributed by atoms with Gasteiger partial charge in [0, 0.05) is 18.5 Å². The van der Waals surface area contributed by atoms with Crippen LogP contribution in [-0.4, -0.2) is 29.9 Å². The predicted molar refractivity (Wildman–Crippen MR) is 97.6 cm³/mol. The number of hydrogen-bond donors (Lipinski definition) is 1. The number of hydrogen-bond acceptors (Lipinski definition) is 2. The largest absolute Gasteiger partial charge is 0.335 e. The summed E-state index contributed by atoms with van der Waals surface area (Å²) in [4.78, 5) is 15.0. The van der Waals surface area contributed by atoms with Gasteiger partial charge in [0.25, 0.3) is 0 Å². The third-order valence-corrected chi connectivity index (χ3v) is 5.58. The van der Waals surface area contributed by atoms with E-state index in [0.29, 0.717) is 22.0 Å². The molecule has 2 saturated heterocycles. The van der Waals surface area contributed by atoms with Crippen LogP contribution in [0.4, 0.5) is 0 Å². The van der Waals surface area contributed by atoms with E-state index < -0.39 is 0 Å². The number of likely N-dealkylation sites (tertiary alicyclic amines) is 1. The molecule has 1 amide bonds. The Balaban J connectivity index is 0.00000192. The SMILES string of the molecule is C[C@H]1C[C@@H](C(=O)N2CCCC2c2ccc(Cl)c(Cl)c2)CCN1.Cl. The normalized spacial score (nSPS) is 27.6. The fourth-order valence-corrected chi connectivity index (χ4v) is 3.99. The number of piperidine rings is 1. The third-order valence-electron chi connectivity index (χ3n) is 4.84. The maximum Gasteiger partial charge on any atom is 0.226 e. The first-order valence-corrected chi connectivity index (χ1v) is 8.80. The fraction of sp³-hybridized carbons (Fsp3) is 0.588. The number of rotatable bonds is 2. The van der Waals surface area contributed by atoms with E-state index in [1.54, 1.807) is 0 Å². The second kappa shape index (κ2) is 8.06. The lowest BCUT2D eigenvalue weighted by molar-refractivity contribution is -0.137. The smallest absolute Gasteiger partial charge is 0.226 e. The van der Waals surface area contributed by atoms with Crippen LogP contribution in [0.15, 0.2) is 18.2 Å². The van der Waals surface area contributed by atoms with Gasteiger partial charge in [-0.3, -0.25) is 4.79 Å². The quantitative estimate of drug-likeness (QED) is 0.825. The molecule has 3 nitrogen and oxygen atoms in total. The van der Waals surface area contributed by atoms with Gasteiger partial charge in [0.05, 0.1) is 16.1 Å². The molecule has 2 aliphatic heterocycles. The summed E-state index contributed by atoms with van der Waals surface area (Å²) >= 11 is 12.1. The van der Waals surface area contributed by atoms with Crippen molar-refractivity contribution in [2.75, 3.05) is 13.1 Å². The standard InChI is InChI=1S/C17H22Cl2N2O.ClH/c1-11-9-13(6-7-20-11)17(22)21-8-2-3-16(21)12-4-5-14(18)15(19)10-12;/h4-5,10-11,13,16,20H,2-3,6-9H2,1H3;1H/t11-,13-,16?;/m0./s1. The number of amides is 1. The van der Waals surface area contributed by atoms with Gasteiger partial charge in [0.15, 0.2) is 0 Å². The van der Waals surface area contributed by atoms with Crippen LogP contribution in [0.5, 0.6) is 0 Å². The van der Waals surface area contributed by atoms with Crippen molar-refractivity contribution in [1.29, 1.82) is 0 Å². The average Bonchev–Trinajstić information content (AvgIpc) is 2.98. The Morgan fingerprint density at radius 2 is 2.04 bits per heavy atom. The van der Waals surface area contributed by atoms with Crippen molar-refractivity contribution in [2.45, 2.75) is 44.7 Å². The Morgan fingerprint density at radius 3 is 2.74 bits per heavy atom. The number of halogens is 3. The maximum absolute atomic E-state index is 12.9. The van der Waals surface area contributed by atoms with Gasteiger partial charge >= 0.3 is 0 Å². The molecule has 3 atom stereocenters. The van der Waals surface area contributed by atoms with Crippen LogP contribution >= 0.6 is 35.6 Å². The second-order valence-electron chi connectivity index (χ2n) is 6.44. The molecule has 128 valence electrons. The molecule has 1 aromatic carbocycles. The van der Waals surface area contributed by atoms with Crippen LogP contribution in [0, 0.1) is 5.92 Å². The molecule has 0 spiro atoms. The lowest BCUT2D eigenvalue weighted by Crippen LogP contribution is -2.44. The molecule has 2 aliphatic rings. The Labute approximate surface area is 154 Å². The molecule has 0 saturated carbocycles. The summed E-state index contributed by atoms with van der Waals surface area (Å²) in [6, 6.07) is 6.30. The molecule has 0 radical (unpaired) electrons. The minimum absolute atomic E-state index is 0. The number of carbonyl (C=O) groups is 1. The molecule has 1 N–H and O–H groups in total. The van der Waals surface area contributed by atoms with Gasteiger partial charge in [-0.25, -0.2) is 0 Å². The van der Waals surface area contributed by atoms with E-state index in [0.717, 1.165) is 44.3 Å². The topological polar surface area (TPSA) is 32.3 Å². The van der Waals surface area contributed by atoms with Crippen molar-refractivity contribution < 1.29 is 4.79 Å². The zero-order valence-corrected chi connectivity index (χ0v) is 15.6. The molecule has 1 unspecified atom stereocenters. The Kier molecular flexibility index (Phi) is 6.61. The Morgan fingerprint density at radius 1 is 1.26 bits per heavy atom. The summed E-state index contributed by atoms with van der Waals surface area (Å²) in [5, 5.41) is 4.54. The van der Waals surface area contributed by atoms with Crippen LogP contribution in [0.2, 0.25) is 10.0 Å². The van der Waals surface area contributed by atoms with Crippen molar-refractivity contribution in [1.82, 2.24) is 10.2 Å². The van der Waals surface area contributed by atoms with Crippen molar-refractivity contribution in [3.05, 3.63) is 33.8 Å². The number of nitrogens with one attached hydrogen (secondary N) is 1. The van der Waals surface area contributed by atoms with Gasteiger partial charge in [-0.2, -0.15) is 0 Å². The van der Waals surface area contributed by atoms with Crippen molar-refractivity contribution in [2.24, 2.45) is 5.92 Å². The molecule has 2 heterocycles. The summed E-state index contributed by atoms with van der Waals surface area (Å²) in [7, 11) is 0. The first-order chi connectivity index (χ1) is 10.6. The molecule has 2 fully saturated rings. The summed E-state index contributed by atoms with van der Waals surface area (Å²) in [6.45, 7) is 3.94. The highest BCUT2D eigenvalue weighted by Crippen LogP contribution is 2.36. The molecular formula is C17H23Cl3N2O. The highest BCUT2D eigenvalue weighted by atomic mass is 35.5.